The summed E-state index contributed by atoms with van der Waals surface area (Å²) in [5.74, 6) is 0.553. The van der Waals surface area contributed by atoms with E-state index in [1.54, 1.807) is 11.3 Å². The number of nitrogens with one attached hydrogen (secondary N) is 1. The normalized spacial score (nSPS) is 12.5. The summed E-state index contributed by atoms with van der Waals surface area (Å²) in [7, 11) is 1.97. The van der Waals surface area contributed by atoms with E-state index in [9.17, 15) is 0 Å². The molecule has 1 aromatic rings. The van der Waals surface area contributed by atoms with Crippen molar-refractivity contribution in [2.45, 2.75) is 13.8 Å². The molecule has 0 fully saturated rings. The maximum atomic E-state index is 6.00. The first-order chi connectivity index (χ1) is 7.04. The first-order valence-corrected chi connectivity index (χ1v) is 6.83. The summed E-state index contributed by atoms with van der Waals surface area (Å²) < 4.78 is 1.79. The summed E-state index contributed by atoms with van der Waals surface area (Å²) in [6, 6.07) is 2.06. The molecule has 0 aliphatic carbocycles. The standard InChI is InChI=1S/C11H15BrClNS/c1-7(2)8(6-14-3)4-9-5-10(12)11(13)15-9/h4-5,7,14H,6H2,1-3H3. The maximum Gasteiger partial charge on any atom is 0.108 e. The Labute approximate surface area is 109 Å². The van der Waals surface area contributed by atoms with Crippen molar-refractivity contribution in [2.75, 3.05) is 13.6 Å². The van der Waals surface area contributed by atoms with Crippen molar-refractivity contribution in [3.63, 3.8) is 0 Å². The van der Waals surface area contributed by atoms with Gasteiger partial charge in [0.2, 0.25) is 0 Å². The zero-order valence-corrected chi connectivity index (χ0v) is 12.3. The second-order valence-corrected chi connectivity index (χ2v) is 6.21. The fraction of sp³-hybridized carbons (Fsp3) is 0.455. The Hall–Kier alpha value is 0.170. The minimum absolute atomic E-state index is 0.553. The lowest BCUT2D eigenvalue weighted by Crippen LogP contribution is -2.13. The van der Waals surface area contributed by atoms with Crippen LogP contribution in [0.1, 0.15) is 18.7 Å². The maximum absolute atomic E-state index is 6.00. The monoisotopic (exact) mass is 307 g/mol. The lowest BCUT2D eigenvalue weighted by Gasteiger charge is -2.09. The van der Waals surface area contributed by atoms with Crippen molar-refractivity contribution in [1.82, 2.24) is 5.32 Å². The number of thiophene rings is 1. The van der Waals surface area contributed by atoms with E-state index in [0.29, 0.717) is 5.92 Å². The van der Waals surface area contributed by atoms with E-state index in [-0.39, 0.29) is 0 Å². The zero-order chi connectivity index (χ0) is 11.4. The molecule has 0 amide bonds. The molecule has 0 saturated heterocycles. The molecule has 15 heavy (non-hydrogen) atoms. The molecule has 0 aliphatic rings. The van der Waals surface area contributed by atoms with Crippen LogP contribution in [0.3, 0.4) is 0 Å². The van der Waals surface area contributed by atoms with Crippen molar-refractivity contribution in [3.05, 3.63) is 25.3 Å². The highest BCUT2D eigenvalue weighted by atomic mass is 79.9. The van der Waals surface area contributed by atoms with Crippen LogP contribution in [0, 0.1) is 5.92 Å². The van der Waals surface area contributed by atoms with Crippen LogP contribution in [-0.2, 0) is 0 Å². The highest BCUT2D eigenvalue weighted by molar-refractivity contribution is 9.10. The van der Waals surface area contributed by atoms with Gasteiger partial charge in [0.1, 0.15) is 4.34 Å². The van der Waals surface area contributed by atoms with Crippen LogP contribution in [-0.4, -0.2) is 13.6 Å². The van der Waals surface area contributed by atoms with Gasteiger partial charge in [-0.3, -0.25) is 0 Å². The molecule has 4 heteroatoms. The smallest absolute Gasteiger partial charge is 0.108 e. The van der Waals surface area contributed by atoms with Gasteiger partial charge in [0, 0.05) is 15.9 Å². The van der Waals surface area contributed by atoms with Gasteiger partial charge >= 0.3 is 0 Å². The van der Waals surface area contributed by atoms with Crippen molar-refractivity contribution in [3.8, 4) is 0 Å². The van der Waals surface area contributed by atoms with E-state index in [4.69, 9.17) is 11.6 Å². The Morgan fingerprint density at radius 2 is 2.33 bits per heavy atom. The van der Waals surface area contributed by atoms with Gasteiger partial charge in [-0.2, -0.15) is 0 Å². The Balaban J connectivity index is 2.91. The SMILES string of the molecule is CNCC(=Cc1cc(Br)c(Cl)s1)C(C)C. The Kier molecular flexibility index (Phi) is 5.33. The molecule has 0 aliphatic heterocycles. The van der Waals surface area contributed by atoms with Crippen LogP contribution < -0.4 is 5.32 Å². The third-order valence-corrected chi connectivity index (χ3v) is 4.54. The summed E-state index contributed by atoms with van der Waals surface area (Å²) >= 11 is 11.0. The highest BCUT2D eigenvalue weighted by Gasteiger charge is 2.06. The molecule has 0 saturated carbocycles. The third kappa shape index (κ3) is 3.91. The van der Waals surface area contributed by atoms with Gasteiger partial charge in [-0.05, 0) is 41.0 Å². The molecule has 1 heterocycles. The van der Waals surface area contributed by atoms with Gasteiger partial charge in [-0.15, -0.1) is 11.3 Å². The van der Waals surface area contributed by atoms with Gasteiger partial charge in [0.15, 0.2) is 0 Å². The van der Waals surface area contributed by atoms with Crippen molar-refractivity contribution in [2.24, 2.45) is 5.92 Å². The number of hydrogen-bond acceptors (Lipinski definition) is 2. The first-order valence-electron chi connectivity index (χ1n) is 4.84. The predicted octanol–water partition coefficient (Wildman–Crippen LogP) is 4.42. The molecule has 84 valence electrons. The summed E-state index contributed by atoms with van der Waals surface area (Å²) in [4.78, 5) is 1.20. The Morgan fingerprint density at radius 3 is 2.73 bits per heavy atom. The van der Waals surface area contributed by atoms with Crippen LogP contribution in [0.4, 0.5) is 0 Å². The molecular weight excluding hydrogens is 294 g/mol. The summed E-state index contributed by atoms with van der Waals surface area (Å²) in [5.41, 5.74) is 1.39. The Morgan fingerprint density at radius 1 is 1.67 bits per heavy atom. The first kappa shape index (κ1) is 13.2. The van der Waals surface area contributed by atoms with E-state index in [1.165, 1.54) is 10.5 Å². The van der Waals surface area contributed by atoms with Crippen LogP contribution in [0.2, 0.25) is 4.34 Å². The van der Waals surface area contributed by atoms with Crippen molar-refractivity contribution >= 4 is 44.9 Å². The van der Waals surface area contributed by atoms with E-state index in [1.807, 2.05) is 7.05 Å². The molecule has 1 N–H and O–H groups in total. The summed E-state index contributed by atoms with van der Waals surface area (Å²) in [6.07, 6.45) is 2.21. The average Bonchev–Trinajstić information content (AvgIpc) is 2.45. The van der Waals surface area contributed by atoms with E-state index >= 15 is 0 Å². The van der Waals surface area contributed by atoms with Crippen LogP contribution >= 0.6 is 38.9 Å². The summed E-state index contributed by atoms with van der Waals surface area (Å²) in [6.45, 7) is 5.33. The molecule has 0 aromatic carbocycles. The predicted molar refractivity (Wildman–Crippen MR) is 73.8 cm³/mol. The fourth-order valence-corrected chi connectivity index (χ4v) is 2.96. The van der Waals surface area contributed by atoms with Gasteiger partial charge in [-0.1, -0.05) is 31.0 Å². The number of hydrogen-bond donors (Lipinski definition) is 1. The Bertz CT molecular complexity index is 338. The minimum atomic E-state index is 0.553. The molecule has 0 bridgehead atoms. The summed E-state index contributed by atoms with van der Waals surface area (Å²) in [5, 5.41) is 3.18. The van der Waals surface area contributed by atoms with Gasteiger partial charge in [0.05, 0.1) is 0 Å². The van der Waals surface area contributed by atoms with E-state index in [0.717, 1.165) is 15.4 Å². The third-order valence-electron chi connectivity index (χ3n) is 2.11. The molecule has 0 atom stereocenters. The van der Waals surface area contributed by atoms with Crippen LogP contribution in [0.5, 0.6) is 0 Å². The molecule has 1 nitrogen and oxygen atoms in total. The average molecular weight is 309 g/mol. The second kappa shape index (κ2) is 6.04. The van der Waals surface area contributed by atoms with Gasteiger partial charge in [0.25, 0.3) is 0 Å². The molecular formula is C11H15BrClNS. The molecule has 0 radical (unpaired) electrons. The molecule has 1 rings (SSSR count). The second-order valence-electron chi connectivity index (χ2n) is 3.67. The number of rotatable bonds is 4. The van der Waals surface area contributed by atoms with E-state index in [2.05, 4.69) is 47.2 Å². The topological polar surface area (TPSA) is 12.0 Å². The van der Waals surface area contributed by atoms with Gasteiger partial charge < -0.3 is 5.32 Å². The van der Waals surface area contributed by atoms with Crippen molar-refractivity contribution < 1.29 is 0 Å². The largest absolute Gasteiger partial charge is 0.316 e. The van der Waals surface area contributed by atoms with Crippen LogP contribution in [0.15, 0.2) is 16.1 Å². The lowest BCUT2D eigenvalue weighted by atomic mass is 10.0. The van der Waals surface area contributed by atoms with Crippen LogP contribution in [0.25, 0.3) is 6.08 Å². The van der Waals surface area contributed by atoms with Gasteiger partial charge in [-0.25, -0.2) is 0 Å². The van der Waals surface area contributed by atoms with E-state index < -0.39 is 0 Å². The highest BCUT2D eigenvalue weighted by Crippen LogP contribution is 2.33. The minimum Gasteiger partial charge on any atom is -0.316 e. The zero-order valence-electron chi connectivity index (χ0n) is 9.10. The number of likely N-dealkylation sites (N-methyl/N-ethyl adjacent to an activating group) is 1. The lowest BCUT2D eigenvalue weighted by molar-refractivity contribution is 0.713. The number of halogens is 2. The van der Waals surface area contributed by atoms with Crippen molar-refractivity contribution in [1.29, 1.82) is 0 Å². The molecule has 0 spiro atoms. The quantitative estimate of drug-likeness (QED) is 0.868. The molecule has 0 unspecified atom stereocenters. The molecule has 1 aromatic heterocycles. The fourth-order valence-electron chi connectivity index (χ4n) is 1.24.